The standard InChI is InChI=1S/C18H26N2O/c1-20(13-14-6-3-2-4-7-14)18(21)17-9-5-8-15-12-19-11-10-16(15)17/h5,8-9,14,19H,2-4,6-7,10-13H2,1H3. The molecule has 0 radical (unpaired) electrons. The molecule has 3 rings (SSSR count). The number of benzene rings is 1. The summed E-state index contributed by atoms with van der Waals surface area (Å²) in [5, 5.41) is 3.38. The van der Waals surface area contributed by atoms with E-state index >= 15 is 0 Å². The molecule has 1 aromatic rings. The molecule has 1 aromatic carbocycles. The highest BCUT2D eigenvalue weighted by atomic mass is 16.2. The van der Waals surface area contributed by atoms with Crippen molar-refractivity contribution in [3.05, 3.63) is 34.9 Å². The van der Waals surface area contributed by atoms with Crippen molar-refractivity contribution in [1.29, 1.82) is 0 Å². The molecule has 2 aliphatic rings. The van der Waals surface area contributed by atoms with Crippen LogP contribution in [0, 0.1) is 5.92 Å². The minimum atomic E-state index is 0.208. The van der Waals surface area contributed by atoms with Crippen molar-refractivity contribution in [3.8, 4) is 0 Å². The second-order valence-corrected chi connectivity index (χ2v) is 6.56. The number of carbonyl (C=O) groups excluding carboxylic acids is 1. The average molecular weight is 286 g/mol. The van der Waals surface area contributed by atoms with E-state index in [4.69, 9.17) is 0 Å². The number of rotatable bonds is 3. The van der Waals surface area contributed by atoms with Crippen LogP contribution in [0.3, 0.4) is 0 Å². The van der Waals surface area contributed by atoms with Crippen LogP contribution in [-0.2, 0) is 13.0 Å². The van der Waals surface area contributed by atoms with Gasteiger partial charge in [-0.3, -0.25) is 4.79 Å². The fourth-order valence-electron chi connectivity index (χ4n) is 3.78. The molecule has 0 unspecified atom stereocenters. The van der Waals surface area contributed by atoms with E-state index in [0.29, 0.717) is 5.92 Å². The van der Waals surface area contributed by atoms with Crippen molar-refractivity contribution in [3.63, 3.8) is 0 Å². The zero-order valence-electron chi connectivity index (χ0n) is 13.0. The summed E-state index contributed by atoms with van der Waals surface area (Å²) in [4.78, 5) is 14.7. The van der Waals surface area contributed by atoms with E-state index in [9.17, 15) is 4.79 Å². The zero-order valence-corrected chi connectivity index (χ0v) is 13.0. The molecule has 0 atom stereocenters. The average Bonchev–Trinajstić information content (AvgIpc) is 2.54. The molecule has 1 amide bonds. The molecule has 3 heteroatoms. The van der Waals surface area contributed by atoms with Gasteiger partial charge < -0.3 is 10.2 Å². The summed E-state index contributed by atoms with van der Waals surface area (Å²) in [6.07, 6.45) is 7.57. The van der Waals surface area contributed by atoms with Gasteiger partial charge in [0.15, 0.2) is 0 Å². The molecule has 1 aliphatic heterocycles. The predicted octanol–water partition coefficient (Wildman–Crippen LogP) is 2.98. The third kappa shape index (κ3) is 3.29. The van der Waals surface area contributed by atoms with Crippen molar-refractivity contribution >= 4 is 5.91 Å². The van der Waals surface area contributed by atoms with Gasteiger partial charge in [0.25, 0.3) is 5.91 Å². The zero-order chi connectivity index (χ0) is 14.7. The van der Waals surface area contributed by atoms with Gasteiger partial charge in [0.1, 0.15) is 0 Å². The fraction of sp³-hybridized carbons (Fsp3) is 0.611. The fourth-order valence-corrected chi connectivity index (χ4v) is 3.78. The van der Waals surface area contributed by atoms with Crippen LogP contribution in [0.15, 0.2) is 18.2 Å². The number of carbonyl (C=O) groups is 1. The van der Waals surface area contributed by atoms with Crippen LogP contribution in [-0.4, -0.2) is 30.9 Å². The third-order valence-corrected chi connectivity index (χ3v) is 4.97. The van der Waals surface area contributed by atoms with Crippen LogP contribution in [0.1, 0.15) is 53.6 Å². The van der Waals surface area contributed by atoms with Crippen LogP contribution in [0.25, 0.3) is 0 Å². The van der Waals surface area contributed by atoms with E-state index in [2.05, 4.69) is 11.4 Å². The molecular weight excluding hydrogens is 260 g/mol. The van der Waals surface area contributed by atoms with E-state index in [1.807, 2.05) is 24.1 Å². The minimum absolute atomic E-state index is 0.208. The monoisotopic (exact) mass is 286 g/mol. The lowest BCUT2D eigenvalue weighted by molar-refractivity contribution is 0.0759. The lowest BCUT2D eigenvalue weighted by atomic mass is 9.88. The van der Waals surface area contributed by atoms with Crippen LogP contribution >= 0.6 is 0 Å². The first kappa shape index (κ1) is 14.6. The molecule has 1 heterocycles. The maximum absolute atomic E-state index is 12.8. The van der Waals surface area contributed by atoms with Gasteiger partial charge >= 0.3 is 0 Å². The summed E-state index contributed by atoms with van der Waals surface area (Å²) >= 11 is 0. The Morgan fingerprint density at radius 2 is 2.10 bits per heavy atom. The van der Waals surface area contributed by atoms with Crippen molar-refractivity contribution < 1.29 is 4.79 Å². The molecule has 114 valence electrons. The highest BCUT2D eigenvalue weighted by Crippen LogP contribution is 2.25. The van der Waals surface area contributed by atoms with E-state index in [1.54, 1.807) is 0 Å². The van der Waals surface area contributed by atoms with Gasteiger partial charge in [-0.25, -0.2) is 0 Å². The summed E-state index contributed by atoms with van der Waals surface area (Å²) in [7, 11) is 1.97. The van der Waals surface area contributed by atoms with Crippen LogP contribution < -0.4 is 5.32 Å². The lowest BCUT2D eigenvalue weighted by Gasteiger charge is -2.28. The van der Waals surface area contributed by atoms with Gasteiger partial charge in [0, 0.05) is 25.7 Å². The van der Waals surface area contributed by atoms with Crippen LogP contribution in [0.5, 0.6) is 0 Å². The SMILES string of the molecule is CN(CC1CCCCC1)C(=O)c1cccc2c1CCNC2. The Morgan fingerprint density at radius 3 is 2.90 bits per heavy atom. The molecule has 0 spiro atoms. The summed E-state index contributed by atoms with van der Waals surface area (Å²) in [6.45, 7) is 2.78. The Bertz CT molecular complexity index is 506. The Morgan fingerprint density at radius 1 is 1.29 bits per heavy atom. The van der Waals surface area contributed by atoms with Crippen LogP contribution in [0.4, 0.5) is 0 Å². The molecule has 1 N–H and O–H groups in total. The predicted molar refractivity (Wildman–Crippen MR) is 85.4 cm³/mol. The van der Waals surface area contributed by atoms with Gasteiger partial charge in [-0.2, -0.15) is 0 Å². The Kier molecular flexibility index (Phi) is 4.59. The van der Waals surface area contributed by atoms with Gasteiger partial charge in [-0.05, 0) is 48.9 Å². The smallest absolute Gasteiger partial charge is 0.253 e. The maximum atomic E-state index is 12.8. The first-order valence-corrected chi connectivity index (χ1v) is 8.32. The van der Waals surface area contributed by atoms with E-state index in [1.165, 1.54) is 43.2 Å². The molecule has 3 nitrogen and oxygen atoms in total. The Labute approximate surface area is 127 Å². The quantitative estimate of drug-likeness (QED) is 0.926. The number of nitrogens with zero attached hydrogens (tertiary/aromatic N) is 1. The second-order valence-electron chi connectivity index (χ2n) is 6.56. The van der Waals surface area contributed by atoms with Gasteiger partial charge in [0.05, 0.1) is 0 Å². The number of fused-ring (bicyclic) bond motifs is 1. The number of hydrogen-bond donors (Lipinski definition) is 1. The normalized spacial score (nSPS) is 19.1. The van der Waals surface area contributed by atoms with Crippen molar-refractivity contribution in [1.82, 2.24) is 10.2 Å². The molecular formula is C18H26N2O. The molecule has 1 aliphatic carbocycles. The molecule has 0 bridgehead atoms. The van der Waals surface area contributed by atoms with E-state index in [0.717, 1.165) is 31.6 Å². The molecule has 1 fully saturated rings. The highest BCUT2D eigenvalue weighted by Gasteiger charge is 2.22. The first-order valence-electron chi connectivity index (χ1n) is 8.32. The van der Waals surface area contributed by atoms with Crippen LogP contribution in [0.2, 0.25) is 0 Å². The van der Waals surface area contributed by atoms with E-state index < -0.39 is 0 Å². The molecule has 21 heavy (non-hydrogen) atoms. The van der Waals surface area contributed by atoms with Crippen molar-refractivity contribution in [2.45, 2.75) is 45.1 Å². The summed E-state index contributed by atoms with van der Waals surface area (Å²) < 4.78 is 0. The Hall–Kier alpha value is -1.35. The summed E-state index contributed by atoms with van der Waals surface area (Å²) in [6, 6.07) is 6.16. The summed E-state index contributed by atoms with van der Waals surface area (Å²) in [5.41, 5.74) is 3.47. The number of amides is 1. The van der Waals surface area contributed by atoms with Gasteiger partial charge in [-0.1, -0.05) is 31.4 Å². The van der Waals surface area contributed by atoms with E-state index in [-0.39, 0.29) is 5.91 Å². The molecule has 0 aromatic heterocycles. The number of nitrogens with one attached hydrogen (secondary N) is 1. The maximum Gasteiger partial charge on any atom is 0.253 e. The second kappa shape index (κ2) is 6.61. The van der Waals surface area contributed by atoms with Crippen molar-refractivity contribution in [2.24, 2.45) is 5.92 Å². The van der Waals surface area contributed by atoms with Gasteiger partial charge in [0.2, 0.25) is 0 Å². The first-order chi connectivity index (χ1) is 10.3. The minimum Gasteiger partial charge on any atom is -0.341 e. The van der Waals surface area contributed by atoms with Gasteiger partial charge in [-0.15, -0.1) is 0 Å². The third-order valence-electron chi connectivity index (χ3n) is 4.97. The molecule has 0 saturated heterocycles. The Balaban J connectivity index is 1.72. The highest BCUT2D eigenvalue weighted by molar-refractivity contribution is 5.96. The lowest BCUT2D eigenvalue weighted by Crippen LogP contribution is -2.34. The van der Waals surface area contributed by atoms with Crippen molar-refractivity contribution in [2.75, 3.05) is 20.1 Å². The topological polar surface area (TPSA) is 32.3 Å². The number of hydrogen-bond acceptors (Lipinski definition) is 2. The molecule has 1 saturated carbocycles. The largest absolute Gasteiger partial charge is 0.341 e. The summed E-state index contributed by atoms with van der Waals surface area (Å²) in [5.74, 6) is 0.910.